The maximum Gasteiger partial charge on any atom is 0.129 e. The highest BCUT2D eigenvalue weighted by molar-refractivity contribution is 5.26. The molecule has 0 aliphatic heterocycles. The molecule has 0 amide bonds. The first-order valence-electron chi connectivity index (χ1n) is 5.83. The highest BCUT2D eigenvalue weighted by Gasteiger charge is 2.18. The minimum atomic E-state index is -1.10. The second kappa shape index (κ2) is 6.78. The summed E-state index contributed by atoms with van der Waals surface area (Å²) in [7, 11) is 1.55. The van der Waals surface area contributed by atoms with Gasteiger partial charge in [-0.2, -0.15) is 0 Å². The lowest BCUT2D eigenvalue weighted by atomic mass is 9.99. The molecule has 0 saturated carbocycles. The zero-order valence-electron chi connectivity index (χ0n) is 10.6. The molecule has 1 aromatic carbocycles. The Balaban J connectivity index is 2.72. The maximum absolute atomic E-state index is 13.6. The summed E-state index contributed by atoms with van der Waals surface area (Å²) in [5.74, 6) is -1.14. The van der Waals surface area contributed by atoms with Crippen LogP contribution in [0, 0.1) is 18.6 Å². The lowest BCUT2D eigenvalue weighted by Gasteiger charge is -2.17. The first-order valence-corrected chi connectivity index (χ1v) is 5.83. The SMILES string of the molecule is COCCC(N)CC(O)c1cc(F)c(C)cc1F. The van der Waals surface area contributed by atoms with Gasteiger partial charge in [0.05, 0.1) is 6.10 Å². The number of benzene rings is 1. The average Bonchev–Trinajstić information content (AvgIpc) is 2.31. The molecular weight excluding hydrogens is 240 g/mol. The van der Waals surface area contributed by atoms with Crippen LogP contribution >= 0.6 is 0 Å². The van der Waals surface area contributed by atoms with E-state index in [1.165, 1.54) is 6.92 Å². The van der Waals surface area contributed by atoms with E-state index in [9.17, 15) is 13.9 Å². The van der Waals surface area contributed by atoms with Gasteiger partial charge in [0, 0.05) is 25.3 Å². The second-order valence-electron chi connectivity index (χ2n) is 4.42. The molecule has 0 aromatic heterocycles. The van der Waals surface area contributed by atoms with Crippen LogP contribution in [0.5, 0.6) is 0 Å². The quantitative estimate of drug-likeness (QED) is 0.822. The van der Waals surface area contributed by atoms with Crippen molar-refractivity contribution in [1.82, 2.24) is 0 Å². The highest BCUT2D eigenvalue weighted by Crippen LogP contribution is 2.24. The summed E-state index contributed by atoms with van der Waals surface area (Å²) in [5, 5.41) is 9.86. The van der Waals surface area contributed by atoms with Crippen LogP contribution in [0.4, 0.5) is 8.78 Å². The number of aliphatic hydroxyl groups is 1. The Kier molecular flexibility index (Phi) is 5.65. The minimum Gasteiger partial charge on any atom is -0.388 e. The number of hydrogen-bond acceptors (Lipinski definition) is 3. The van der Waals surface area contributed by atoms with Gasteiger partial charge in [-0.25, -0.2) is 8.78 Å². The molecule has 0 saturated heterocycles. The Morgan fingerprint density at radius 2 is 2.00 bits per heavy atom. The number of aryl methyl sites for hydroxylation is 1. The molecule has 0 aliphatic rings. The normalized spacial score (nSPS) is 14.6. The van der Waals surface area contributed by atoms with E-state index in [-0.39, 0.29) is 23.6 Å². The summed E-state index contributed by atoms with van der Waals surface area (Å²) < 4.78 is 31.8. The molecule has 0 radical (unpaired) electrons. The molecule has 0 fully saturated rings. The van der Waals surface area contributed by atoms with Gasteiger partial charge in [-0.15, -0.1) is 0 Å². The van der Waals surface area contributed by atoms with Gasteiger partial charge >= 0.3 is 0 Å². The van der Waals surface area contributed by atoms with E-state index in [1.807, 2.05) is 0 Å². The highest BCUT2D eigenvalue weighted by atomic mass is 19.1. The monoisotopic (exact) mass is 259 g/mol. The third kappa shape index (κ3) is 4.01. The fraction of sp³-hybridized carbons (Fsp3) is 0.538. The van der Waals surface area contributed by atoms with Gasteiger partial charge in [0.15, 0.2) is 0 Å². The van der Waals surface area contributed by atoms with Crippen LogP contribution in [0.2, 0.25) is 0 Å². The molecule has 1 rings (SSSR count). The molecule has 3 N–H and O–H groups in total. The van der Waals surface area contributed by atoms with Crippen molar-refractivity contribution in [2.75, 3.05) is 13.7 Å². The first-order chi connectivity index (χ1) is 8.45. The Hall–Kier alpha value is -1.04. The molecule has 2 unspecified atom stereocenters. The Morgan fingerprint density at radius 3 is 2.61 bits per heavy atom. The van der Waals surface area contributed by atoms with Gasteiger partial charge in [-0.3, -0.25) is 0 Å². The molecule has 0 bridgehead atoms. The average molecular weight is 259 g/mol. The van der Waals surface area contributed by atoms with Gasteiger partial charge in [0.1, 0.15) is 11.6 Å². The minimum absolute atomic E-state index is 0.0500. The van der Waals surface area contributed by atoms with E-state index in [1.54, 1.807) is 7.11 Å². The number of hydrogen-bond donors (Lipinski definition) is 2. The third-order valence-corrected chi connectivity index (χ3v) is 2.86. The number of nitrogens with two attached hydrogens (primary N) is 1. The van der Waals surface area contributed by atoms with E-state index in [4.69, 9.17) is 10.5 Å². The molecule has 0 heterocycles. The standard InChI is InChI=1S/C13H19F2NO2/c1-8-5-12(15)10(7-11(8)14)13(17)6-9(16)3-4-18-2/h5,7,9,13,17H,3-4,6,16H2,1-2H3. The van der Waals surface area contributed by atoms with Crippen LogP contribution in [0.25, 0.3) is 0 Å². The predicted molar refractivity (Wildman–Crippen MR) is 65.1 cm³/mol. The van der Waals surface area contributed by atoms with Crippen LogP contribution in [0.15, 0.2) is 12.1 Å². The largest absolute Gasteiger partial charge is 0.388 e. The van der Waals surface area contributed by atoms with E-state index in [0.29, 0.717) is 13.0 Å². The summed E-state index contributed by atoms with van der Waals surface area (Å²) in [5.41, 5.74) is 5.92. The summed E-state index contributed by atoms with van der Waals surface area (Å²) in [4.78, 5) is 0. The third-order valence-electron chi connectivity index (χ3n) is 2.86. The summed E-state index contributed by atoms with van der Waals surface area (Å²) in [6, 6.07) is 1.79. The van der Waals surface area contributed by atoms with Crippen molar-refractivity contribution in [3.05, 3.63) is 34.9 Å². The van der Waals surface area contributed by atoms with Crippen molar-refractivity contribution >= 4 is 0 Å². The Bertz CT molecular complexity index is 399. The van der Waals surface area contributed by atoms with Crippen molar-refractivity contribution in [3.63, 3.8) is 0 Å². The molecule has 3 nitrogen and oxygen atoms in total. The zero-order chi connectivity index (χ0) is 13.7. The molecule has 0 aliphatic carbocycles. The van der Waals surface area contributed by atoms with Crippen molar-refractivity contribution in [2.24, 2.45) is 5.73 Å². The van der Waals surface area contributed by atoms with Crippen LogP contribution in [0.1, 0.15) is 30.1 Å². The fourth-order valence-electron chi connectivity index (χ4n) is 1.72. The molecular formula is C13H19F2NO2. The van der Waals surface area contributed by atoms with E-state index < -0.39 is 17.7 Å². The smallest absolute Gasteiger partial charge is 0.129 e. The van der Waals surface area contributed by atoms with E-state index >= 15 is 0 Å². The van der Waals surface area contributed by atoms with Crippen molar-refractivity contribution < 1.29 is 18.6 Å². The van der Waals surface area contributed by atoms with Crippen LogP contribution in [0.3, 0.4) is 0 Å². The van der Waals surface area contributed by atoms with Crippen molar-refractivity contribution in [1.29, 1.82) is 0 Å². The van der Waals surface area contributed by atoms with Gasteiger partial charge in [0.2, 0.25) is 0 Å². The summed E-state index contributed by atoms with van der Waals surface area (Å²) in [6.45, 7) is 1.94. The van der Waals surface area contributed by atoms with Gasteiger partial charge < -0.3 is 15.6 Å². The lowest BCUT2D eigenvalue weighted by molar-refractivity contribution is 0.138. The maximum atomic E-state index is 13.6. The second-order valence-corrected chi connectivity index (χ2v) is 4.42. The molecule has 18 heavy (non-hydrogen) atoms. The topological polar surface area (TPSA) is 55.5 Å². The van der Waals surface area contributed by atoms with Crippen LogP contribution in [-0.2, 0) is 4.74 Å². The number of methoxy groups -OCH3 is 1. The number of ether oxygens (including phenoxy) is 1. The van der Waals surface area contributed by atoms with Gasteiger partial charge in [0.25, 0.3) is 0 Å². The molecule has 0 spiro atoms. The molecule has 102 valence electrons. The molecule has 2 atom stereocenters. The fourth-order valence-corrected chi connectivity index (χ4v) is 1.72. The summed E-state index contributed by atoms with van der Waals surface area (Å²) >= 11 is 0. The summed E-state index contributed by atoms with van der Waals surface area (Å²) in [6.07, 6.45) is -0.376. The Labute approximate surface area is 106 Å². The number of aliphatic hydroxyl groups excluding tert-OH is 1. The van der Waals surface area contributed by atoms with E-state index in [2.05, 4.69) is 0 Å². The van der Waals surface area contributed by atoms with Crippen molar-refractivity contribution in [2.45, 2.75) is 31.9 Å². The molecule has 5 heteroatoms. The van der Waals surface area contributed by atoms with Crippen molar-refractivity contribution in [3.8, 4) is 0 Å². The Morgan fingerprint density at radius 1 is 1.33 bits per heavy atom. The van der Waals surface area contributed by atoms with Crippen LogP contribution in [-0.4, -0.2) is 24.9 Å². The zero-order valence-corrected chi connectivity index (χ0v) is 10.6. The first kappa shape index (κ1) is 15.0. The van der Waals surface area contributed by atoms with E-state index in [0.717, 1.165) is 12.1 Å². The number of rotatable bonds is 6. The number of halogens is 2. The lowest BCUT2D eigenvalue weighted by Crippen LogP contribution is -2.24. The van der Waals surface area contributed by atoms with Gasteiger partial charge in [-0.05, 0) is 37.5 Å². The van der Waals surface area contributed by atoms with Gasteiger partial charge in [-0.1, -0.05) is 0 Å². The predicted octanol–water partition coefficient (Wildman–Crippen LogP) is 2.06. The molecule has 1 aromatic rings. The van der Waals surface area contributed by atoms with Crippen LogP contribution < -0.4 is 5.73 Å².